The zero-order valence-electron chi connectivity index (χ0n) is 10.1. The number of aromatic nitrogens is 2. The predicted molar refractivity (Wildman–Crippen MR) is 80.1 cm³/mol. The maximum atomic E-state index is 8.47. The Labute approximate surface area is 123 Å². The van der Waals surface area contributed by atoms with Crippen LogP contribution in [0.15, 0.2) is 28.3 Å². The minimum absolute atomic E-state index is 0.454. The maximum Gasteiger partial charge on any atom is 0.131 e. The van der Waals surface area contributed by atoms with Crippen LogP contribution in [0.5, 0.6) is 0 Å². The molecule has 0 amide bonds. The summed E-state index contributed by atoms with van der Waals surface area (Å²) >= 11 is 5.12. The number of nitrogens with zero attached hydrogens (tertiary/aromatic N) is 3. The van der Waals surface area contributed by atoms with Crippen molar-refractivity contribution in [2.24, 2.45) is 0 Å². The van der Waals surface area contributed by atoms with Crippen LogP contribution in [0.4, 0.5) is 11.6 Å². The second kappa shape index (κ2) is 7.07. The Bertz CT molecular complexity index is 577. The van der Waals surface area contributed by atoms with Crippen molar-refractivity contribution in [2.45, 2.75) is 13.0 Å². The molecule has 5 nitrogen and oxygen atoms in total. The lowest BCUT2D eigenvalue weighted by Crippen LogP contribution is -2.05. The van der Waals surface area contributed by atoms with E-state index in [1.54, 1.807) is 11.3 Å². The largest absolute Gasteiger partial charge is 0.369 e. The summed E-state index contributed by atoms with van der Waals surface area (Å²) in [7, 11) is 0. The zero-order chi connectivity index (χ0) is 13.5. The highest BCUT2D eigenvalue weighted by molar-refractivity contribution is 9.11. The molecule has 98 valence electrons. The van der Waals surface area contributed by atoms with Crippen molar-refractivity contribution in [3.05, 3.63) is 33.2 Å². The number of hydrogen-bond donors (Lipinski definition) is 2. The second-order valence-corrected chi connectivity index (χ2v) is 6.23. The predicted octanol–water partition coefficient (Wildman–Crippen LogP) is 3.24. The molecule has 0 bridgehead atoms. The third-order valence-electron chi connectivity index (χ3n) is 2.28. The Morgan fingerprint density at radius 2 is 2.05 bits per heavy atom. The quantitative estimate of drug-likeness (QED) is 0.791. The van der Waals surface area contributed by atoms with Gasteiger partial charge in [0, 0.05) is 17.5 Å². The van der Waals surface area contributed by atoms with Crippen LogP contribution in [0.1, 0.15) is 11.3 Å². The fourth-order valence-corrected chi connectivity index (χ4v) is 2.84. The van der Waals surface area contributed by atoms with E-state index in [-0.39, 0.29) is 0 Å². The first kappa shape index (κ1) is 13.8. The van der Waals surface area contributed by atoms with Gasteiger partial charge in [-0.05, 0) is 28.1 Å². The molecule has 2 aromatic heterocycles. The summed E-state index contributed by atoms with van der Waals surface area (Å²) in [6.45, 7) is 1.32. The molecule has 2 rings (SSSR count). The molecule has 0 unspecified atom stereocenters. The van der Waals surface area contributed by atoms with E-state index < -0.39 is 0 Å². The highest BCUT2D eigenvalue weighted by atomic mass is 79.9. The van der Waals surface area contributed by atoms with E-state index >= 15 is 0 Å². The van der Waals surface area contributed by atoms with Crippen molar-refractivity contribution in [3.63, 3.8) is 0 Å². The van der Waals surface area contributed by atoms with Crippen molar-refractivity contribution in [1.82, 2.24) is 9.97 Å². The normalized spacial score (nSPS) is 9.89. The molecule has 0 aliphatic heterocycles. The molecule has 19 heavy (non-hydrogen) atoms. The van der Waals surface area contributed by atoms with E-state index in [2.05, 4.69) is 48.7 Å². The van der Waals surface area contributed by atoms with E-state index in [9.17, 15) is 0 Å². The van der Waals surface area contributed by atoms with Gasteiger partial charge in [0.25, 0.3) is 0 Å². The number of anilines is 2. The summed E-state index contributed by atoms with van der Waals surface area (Å²) < 4.78 is 1.12. The molecule has 7 heteroatoms. The topological polar surface area (TPSA) is 73.6 Å². The standard InChI is InChI=1S/C12H12BrN5S/c13-10-3-2-9(19-10)7-16-12-6-11(17-8-18-12)15-5-1-4-14/h2-3,6,8H,1,5,7H2,(H2,15,16,17,18). The zero-order valence-corrected chi connectivity index (χ0v) is 12.5. The van der Waals surface area contributed by atoms with E-state index in [0.29, 0.717) is 13.0 Å². The molecule has 0 aliphatic carbocycles. The molecule has 0 saturated carbocycles. The molecular formula is C12H12BrN5S. The number of thiophene rings is 1. The summed E-state index contributed by atoms with van der Waals surface area (Å²) in [5, 5.41) is 14.8. The SMILES string of the molecule is N#CCCNc1cc(NCc2ccc(Br)s2)ncn1. The Morgan fingerprint density at radius 3 is 2.74 bits per heavy atom. The minimum Gasteiger partial charge on any atom is -0.369 e. The number of nitrogens with one attached hydrogen (secondary N) is 2. The van der Waals surface area contributed by atoms with Gasteiger partial charge in [-0.2, -0.15) is 5.26 Å². The van der Waals surface area contributed by atoms with Gasteiger partial charge < -0.3 is 10.6 Å². The Morgan fingerprint density at radius 1 is 1.26 bits per heavy atom. The molecule has 0 radical (unpaired) electrons. The first-order valence-electron chi connectivity index (χ1n) is 5.69. The number of nitriles is 1. The van der Waals surface area contributed by atoms with Gasteiger partial charge in [0.2, 0.25) is 0 Å². The number of hydrogen-bond acceptors (Lipinski definition) is 6. The highest BCUT2D eigenvalue weighted by Crippen LogP contribution is 2.22. The van der Waals surface area contributed by atoms with Crippen LogP contribution in [0.3, 0.4) is 0 Å². The van der Waals surface area contributed by atoms with Gasteiger partial charge in [-0.25, -0.2) is 9.97 Å². The van der Waals surface area contributed by atoms with Gasteiger partial charge >= 0.3 is 0 Å². The lowest BCUT2D eigenvalue weighted by atomic mass is 10.4. The lowest BCUT2D eigenvalue weighted by Gasteiger charge is -2.06. The van der Waals surface area contributed by atoms with Crippen LogP contribution in [-0.4, -0.2) is 16.5 Å². The fraction of sp³-hybridized carbons (Fsp3) is 0.250. The van der Waals surface area contributed by atoms with E-state index in [1.165, 1.54) is 11.2 Å². The number of halogens is 1. The lowest BCUT2D eigenvalue weighted by molar-refractivity contribution is 1.03. The number of rotatable bonds is 6. The molecule has 0 spiro atoms. The Balaban J connectivity index is 1.90. The highest BCUT2D eigenvalue weighted by Gasteiger charge is 2.00. The smallest absolute Gasteiger partial charge is 0.131 e. The summed E-state index contributed by atoms with van der Waals surface area (Å²) in [5.41, 5.74) is 0. The summed E-state index contributed by atoms with van der Waals surface area (Å²) in [4.78, 5) is 9.48. The van der Waals surface area contributed by atoms with Crippen LogP contribution in [-0.2, 0) is 6.54 Å². The van der Waals surface area contributed by atoms with Crippen LogP contribution in [0.2, 0.25) is 0 Å². The molecule has 0 aliphatic rings. The third-order valence-corrected chi connectivity index (χ3v) is 3.91. The Hall–Kier alpha value is -1.65. The van der Waals surface area contributed by atoms with Crippen LogP contribution < -0.4 is 10.6 Å². The third kappa shape index (κ3) is 4.50. The van der Waals surface area contributed by atoms with Crippen molar-refractivity contribution in [3.8, 4) is 6.07 Å². The molecule has 0 saturated heterocycles. The molecule has 0 fully saturated rings. The van der Waals surface area contributed by atoms with Gasteiger partial charge in [0.1, 0.15) is 18.0 Å². The molecule has 2 N–H and O–H groups in total. The van der Waals surface area contributed by atoms with Gasteiger partial charge in [-0.3, -0.25) is 0 Å². The fourth-order valence-electron chi connectivity index (χ4n) is 1.42. The van der Waals surface area contributed by atoms with Gasteiger partial charge in [0.05, 0.1) is 22.8 Å². The van der Waals surface area contributed by atoms with Crippen LogP contribution in [0, 0.1) is 11.3 Å². The summed E-state index contributed by atoms with van der Waals surface area (Å²) in [6, 6.07) is 8.00. The van der Waals surface area contributed by atoms with E-state index in [0.717, 1.165) is 22.0 Å². The Kier molecular flexibility index (Phi) is 5.12. The molecular weight excluding hydrogens is 326 g/mol. The van der Waals surface area contributed by atoms with Crippen molar-refractivity contribution in [2.75, 3.05) is 17.2 Å². The van der Waals surface area contributed by atoms with Gasteiger partial charge in [-0.15, -0.1) is 11.3 Å². The second-order valence-electron chi connectivity index (χ2n) is 3.68. The summed E-state index contributed by atoms with van der Waals surface area (Å²) in [5.74, 6) is 1.49. The monoisotopic (exact) mass is 337 g/mol. The van der Waals surface area contributed by atoms with Crippen molar-refractivity contribution in [1.29, 1.82) is 5.26 Å². The average molecular weight is 338 g/mol. The minimum atomic E-state index is 0.454. The van der Waals surface area contributed by atoms with Crippen molar-refractivity contribution >= 4 is 38.9 Å². The van der Waals surface area contributed by atoms with Crippen LogP contribution in [0.25, 0.3) is 0 Å². The first-order valence-corrected chi connectivity index (χ1v) is 7.30. The van der Waals surface area contributed by atoms with E-state index in [4.69, 9.17) is 5.26 Å². The van der Waals surface area contributed by atoms with Gasteiger partial charge in [0.15, 0.2) is 0 Å². The molecule has 0 atom stereocenters. The molecule has 2 aromatic rings. The van der Waals surface area contributed by atoms with E-state index in [1.807, 2.05) is 12.1 Å². The average Bonchev–Trinajstić information content (AvgIpc) is 2.83. The van der Waals surface area contributed by atoms with Gasteiger partial charge in [-0.1, -0.05) is 0 Å². The first-order chi connectivity index (χ1) is 9.28. The van der Waals surface area contributed by atoms with Crippen LogP contribution >= 0.6 is 27.3 Å². The summed E-state index contributed by atoms with van der Waals surface area (Å²) in [6.07, 6.45) is 1.96. The molecule has 0 aromatic carbocycles. The van der Waals surface area contributed by atoms with Crippen molar-refractivity contribution < 1.29 is 0 Å². The molecule has 2 heterocycles. The maximum absolute atomic E-state index is 8.47.